The van der Waals surface area contributed by atoms with Crippen LogP contribution in [-0.2, 0) is 11.3 Å². The topological polar surface area (TPSA) is 106 Å². The molecular formula is C26H29N5O3S. The number of nitrogens with zero attached hydrogens (tertiary/aromatic N) is 3. The van der Waals surface area contributed by atoms with Crippen molar-refractivity contribution in [2.45, 2.75) is 63.6 Å². The summed E-state index contributed by atoms with van der Waals surface area (Å²) >= 11 is 1.38. The molecule has 2 N–H and O–H groups in total. The number of carbonyl (C=O) groups is 2. The van der Waals surface area contributed by atoms with Crippen molar-refractivity contribution in [2.75, 3.05) is 6.61 Å². The number of ether oxygens (including phenoxy) is 1. The average molecular weight is 492 g/mol. The summed E-state index contributed by atoms with van der Waals surface area (Å²) in [6.45, 7) is 8.42. The largest absolute Gasteiger partial charge is 0.376 e. The summed E-state index contributed by atoms with van der Waals surface area (Å²) in [5.74, 6) is 0.643. The first kappa shape index (κ1) is 23.6. The Hall–Kier alpha value is -3.17. The van der Waals surface area contributed by atoms with Crippen molar-refractivity contribution in [3.05, 3.63) is 53.0 Å². The molecule has 182 valence electrons. The molecule has 4 heterocycles. The molecule has 1 fully saturated rings. The van der Waals surface area contributed by atoms with Gasteiger partial charge in [-0.2, -0.15) is 0 Å². The van der Waals surface area contributed by atoms with Gasteiger partial charge in [-0.1, -0.05) is 30.0 Å². The van der Waals surface area contributed by atoms with E-state index in [2.05, 4.69) is 30.8 Å². The van der Waals surface area contributed by atoms with E-state index in [9.17, 15) is 9.59 Å². The van der Waals surface area contributed by atoms with Crippen LogP contribution in [0.1, 0.15) is 58.8 Å². The summed E-state index contributed by atoms with van der Waals surface area (Å²) in [7, 11) is 0. The summed E-state index contributed by atoms with van der Waals surface area (Å²) in [5, 5.41) is 10.4. The third kappa shape index (κ3) is 4.34. The number of thioether (sulfide) groups is 1. The third-order valence-corrected chi connectivity index (χ3v) is 7.73. The van der Waals surface area contributed by atoms with Crippen molar-refractivity contribution in [1.29, 1.82) is 0 Å². The van der Waals surface area contributed by atoms with Gasteiger partial charge in [0.1, 0.15) is 0 Å². The van der Waals surface area contributed by atoms with Gasteiger partial charge in [-0.05, 0) is 52.2 Å². The monoisotopic (exact) mass is 491 g/mol. The minimum atomic E-state index is -0.421. The van der Waals surface area contributed by atoms with Gasteiger partial charge in [0.2, 0.25) is 0 Å². The molecule has 0 radical (unpaired) electrons. The van der Waals surface area contributed by atoms with Crippen LogP contribution in [0.5, 0.6) is 0 Å². The first-order valence-electron chi connectivity index (χ1n) is 11.9. The number of carbonyl (C=O) groups excluding carboxylic acids is 2. The maximum absolute atomic E-state index is 13.4. The minimum Gasteiger partial charge on any atom is -0.376 e. The molecule has 0 saturated carbocycles. The summed E-state index contributed by atoms with van der Waals surface area (Å²) in [6, 6.07) is 8.10. The lowest BCUT2D eigenvalue weighted by Crippen LogP contribution is -2.19. The van der Waals surface area contributed by atoms with Gasteiger partial charge in [-0.15, -0.1) is 10.2 Å². The van der Waals surface area contributed by atoms with Crippen molar-refractivity contribution in [1.82, 2.24) is 24.7 Å². The van der Waals surface area contributed by atoms with Gasteiger partial charge < -0.3 is 14.7 Å². The molecule has 4 aromatic rings. The quantitative estimate of drug-likeness (QED) is 0.262. The number of H-pyrrole nitrogens is 2. The first-order chi connectivity index (χ1) is 16.8. The van der Waals surface area contributed by atoms with Gasteiger partial charge in [0, 0.05) is 40.5 Å². The van der Waals surface area contributed by atoms with E-state index < -0.39 is 5.25 Å². The van der Waals surface area contributed by atoms with Crippen LogP contribution in [0.15, 0.2) is 35.6 Å². The number of ketones is 2. The lowest BCUT2D eigenvalue weighted by Gasteiger charge is -2.16. The predicted octanol–water partition coefficient (Wildman–Crippen LogP) is 5.12. The van der Waals surface area contributed by atoms with Gasteiger partial charge in [0.15, 0.2) is 22.5 Å². The number of nitrogens with one attached hydrogen (secondary N) is 2. The number of hydrogen-bond donors (Lipinski definition) is 2. The number of aryl methyl sites for hydroxylation is 1. The number of hydrogen-bond acceptors (Lipinski definition) is 6. The molecule has 1 aliphatic heterocycles. The molecule has 0 aliphatic carbocycles. The van der Waals surface area contributed by atoms with Crippen LogP contribution in [0.3, 0.4) is 0 Å². The van der Waals surface area contributed by atoms with E-state index in [1.165, 1.54) is 18.7 Å². The number of aromatic amines is 2. The van der Waals surface area contributed by atoms with Crippen molar-refractivity contribution in [3.63, 3.8) is 0 Å². The first-order valence-corrected chi connectivity index (χ1v) is 12.7. The fourth-order valence-corrected chi connectivity index (χ4v) is 5.84. The molecule has 1 aliphatic rings. The summed E-state index contributed by atoms with van der Waals surface area (Å²) < 4.78 is 8.00. The molecule has 0 spiro atoms. The number of Topliss-reactive ketones (excluding diaryl/α,β-unsaturated/α-hetero) is 2. The van der Waals surface area contributed by atoms with Crippen molar-refractivity contribution < 1.29 is 14.3 Å². The van der Waals surface area contributed by atoms with E-state index in [1.807, 2.05) is 45.2 Å². The maximum atomic E-state index is 13.4. The van der Waals surface area contributed by atoms with E-state index in [1.54, 1.807) is 0 Å². The second-order valence-electron chi connectivity index (χ2n) is 9.11. The Morgan fingerprint density at radius 2 is 2.06 bits per heavy atom. The van der Waals surface area contributed by atoms with Crippen LogP contribution in [0.2, 0.25) is 0 Å². The zero-order valence-corrected chi connectivity index (χ0v) is 21.2. The second kappa shape index (κ2) is 9.47. The van der Waals surface area contributed by atoms with Gasteiger partial charge in [-0.3, -0.25) is 14.2 Å². The Morgan fingerprint density at radius 1 is 1.26 bits per heavy atom. The number of para-hydroxylation sites is 1. The second-order valence-corrected chi connectivity index (χ2v) is 10.4. The van der Waals surface area contributed by atoms with E-state index >= 15 is 0 Å². The summed E-state index contributed by atoms with van der Waals surface area (Å²) in [5.41, 5.74) is 4.50. The third-order valence-electron chi connectivity index (χ3n) is 6.64. The number of fused-ring (bicyclic) bond motifs is 1. The predicted molar refractivity (Wildman–Crippen MR) is 136 cm³/mol. The molecule has 5 rings (SSSR count). The van der Waals surface area contributed by atoms with Crippen LogP contribution in [-0.4, -0.2) is 54.3 Å². The van der Waals surface area contributed by atoms with Crippen molar-refractivity contribution in [2.24, 2.45) is 0 Å². The highest BCUT2D eigenvalue weighted by atomic mass is 32.2. The van der Waals surface area contributed by atoms with Gasteiger partial charge in [0.05, 0.1) is 23.6 Å². The molecule has 1 saturated heterocycles. The lowest BCUT2D eigenvalue weighted by atomic mass is 10.0. The van der Waals surface area contributed by atoms with Gasteiger partial charge >= 0.3 is 0 Å². The van der Waals surface area contributed by atoms with E-state index in [4.69, 9.17) is 4.74 Å². The highest BCUT2D eigenvalue weighted by molar-refractivity contribution is 8.00. The molecule has 35 heavy (non-hydrogen) atoms. The molecular weight excluding hydrogens is 462 g/mol. The van der Waals surface area contributed by atoms with E-state index in [0.29, 0.717) is 28.5 Å². The number of benzene rings is 1. The fraction of sp³-hybridized carbons (Fsp3) is 0.385. The van der Waals surface area contributed by atoms with Crippen LogP contribution in [0.25, 0.3) is 22.3 Å². The van der Waals surface area contributed by atoms with Crippen LogP contribution in [0, 0.1) is 13.8 Å². The molecule has 0 amide bonds. The van der Waals surface area contributed by atoms with E-state index in [0.717, 1.165) is 47.4 Å². The molecule has 3 aromatic heterocycles. The fourth-order valence-electron chi connectivity index (χ4n) is 4.93. The van der Waals surface area contributed by atoms with Crippen molar-refractivity contribution >= 4 is 34.2 Å². The highest BCUT2D eigenvalue weighted by Crippen LogP contribution is 2.33. The Balaban J connectivity index is 1.48. The zero-order valence-electron chi connectivity index (χ0n) is 20.3. The zero-order chi connectivity index (χ0) is 24.7. The molecule has 0 bridgehead atoms. The van der Waals surface area contributed by atoms with Crippen LogP contribution < -0.4 is 0 Å². The maximum Gasteiger partial charge on any atom is 0.192 e. The summed E-state index contributed by atoms with van der Waals surface area (Å²) in [4.78, 5) is 31.8. The number of rotatable bonds is 8. The standard InChI is InChI=1S/C26H29N5O3S/c1-14-22(16(3)32)15(2)28-23(14)24(33)17(4)35-26-30-29-25(31(26)13-18-8-7-11-34-18)20-12-27-21-10-6-5-9-19(20)21/h5-6,9-10,12,17-18,27-28H,7-8,11,13H2,1-4H3/t17-,18-/m0/s1. The summed E-state index contributed by atoms with van der Waals surface area (Å²) in [6.07, 6.45) is 4.07. The Labute approximate surface area is 207 Å². The average Bonchev–Trinajstić information content (AvgIpc) is 3.61. The SMILES string of the molecule is CC(=O)c1c(C)[nH]c(C(=O)[C@H](C)Sc2nnc(-c3c[nH]c4ccccc34)n2C[C@@H]2CCCO2)c1C. The van der Waals surface area contributed by atoms with Gasteiger partial charge in [0.25, 0.3) is 0 Å². The van der Waals surface area contributed by atoms with Crippen molar-refractivity contribution in [3.8, 4) is 11.4 Å². The highest BCUT2D eigenvalue weighted by Gasteiger charge is 2.28. The Bertz CT molecular complexity index is 1410. The van der Waals surface area contributed by atoms with Gasteiger partial charge in [-0.25, -0.2) is 0 Å². The normalized spacial score (nSPS) is 16.7. The molecule has 2 atom stereocenters. The molecule has 1 aromatic carbocycles. The van der Waals surface area contributed by atoms with E-state index in [-0.39, 0.29) is 17.7 Å². The lowest BCUT2D eigenvalue weighted by molar-refractivity contribution is 0.0953. The van der Waals surface area contributed by atoms with Crippen LogP contribution >= 0.6 is 11.8 Å². The molecule has 8 nitrogen and oxygen atoms in total. The Kier molecular flexibility index (Phi) is 6.37. The molecule has 0 unspecified atom stereocenters. The smallest absolute Gasteiger partial charge is 0.192 e. The van der Waals surface area contributed by atoms with Crippen LogP contribution in [0.4, 0.5) is 0 Å². The molecule has 9 heteroatoms. The minimum absolute atomic E-state index is 0.0460. The Morgan fingerprint density at radius 3 is 2.77 bits per heavy atom. The number of aromatic nitrogens is 5.